The fraction of sp³-hybridized carbons (Fsp3) is 0.158. The first kappa shape index (κ1) is 20.3. The van der Waals surface area contributed by atoms with Crippen molar-refractivity contribution in [2.24, 2.45) is 0 Å². The number of rotatable bonds is 6. The minimum absolute atomic E-state index is 0.00969. The molecule has 1 saturated carbocycles. The molecule has 6 nitrogen and oxygen atoms in total. The lowest BCUT2D eigenvalue weighted by Gasteiger charge is -2.07. The normalized spacial score (nSPS) is 14.0. The van der Waals surface area contributed by atoms with Gasteiger partial charge in [0.25, 0.3) is 5.91 Å². The summed E-state index contributed by atoms with van der Waals surface area (Å²) in [6.07, 6.45) is 1.67. The maximum atomic E-state index is 12.6. The van der Waals surface area contributed by atoms with Gasteiger partial charge in [0.05, 0.1) is 15.6 Å². The zero-order valence-corrected chi connectivity index (χ0v) is 18.0. The number of thiazole rings is 1. The Morgan fingerprint density at radius 1 is 1.14 bits per heavy atom. The molecule has 0 unspecified atom stereocenters. The molecule has 1 aliphatic carbocycles. The molecule has 1 aliphatic rings. The number of carbonyl (C=O) groups is 1. The van der Waals surface area contributed by atoms with Crippen LogP contribution in [0, 0.1) is 0 Å². The van der Waals surface area contributed by atoms with Gasteiger partial charge in [0.2, 0.25) is 10.0 Å². The summed E-state index contributed by atoms with van der Waals surface area (Å²) in [7, 11) is -3.64. The van der Waals surface area contributed by atoms with Crippen LogP contribution >= 0.6 is 34.5 Å². The first-order chi connectivity index (χ1) is 13.8. The van der Waals surface area contributed by atoms with Crippen LogP contribution in [0.5, 0.6) is 0 Å². The second-order valence-electron chi connectivity index (χ2n) is 6.54. The molecule has 0 spiro atoms. The first-order valence-electron chi connectivity index (χ1n) is 8.66. The second kappa shape index (κ2) is 8.04. The average molecular weight is 468 g/mol. The highest BCUT2D eigenvalue weighted by Gasteiger charge is 2.28. The number of aromatic nitrogens is 1. The van der Waals surface area contributed by atoms with E-state index < -0.39 is 15.9 Å². The van der Waals surface area contributed by atoms with Gasteiger partial charge in [0.1, 0.15) is 0 Å². The van der Waals surface area contributed by atoms with Crippen molar-refractivity contribution in [1.82, 2.24) is 9.71 Å². The van der Waals surface area contributed by atoms with Crippen LogP contribution in [0.4, 0.5) is 5.13 Å². The molecule has 0 atom stereocenters. The van der Waals surface area contributed by atoms with Gasteiger partial charge in [0, 0.05) is 27.6 Å². The van der Waals surface area contributed by atoms with Gasteiger partial charge >= 0.3 is 0 Å². The summed E-state index contributed by atoms with van der Waals surface area (Å²) in [6, 6.07) is 11.0. The summed E-state index contributed by atoms with van der Waals surface area (Å²) in [6.45, 7) is 0. The van der Waals surface area contributed by atoms with Gasteiger partial charge in [-0.05, 0) is 49.2 Å². The van der Waals surface area contributed by atoms with E-state index in [1.807, 2.05) is 0 Å². The highest BCUT2D eigenvalue weighted by molar-refractivity contribution is 7.89. The predicted octanol–water partition coefficient (Wildman–Crippen LogP) is 4.81. The van der Waals surface area contributed by atoms with Gasteiger partial charge in [-0.3, -0.25) is 10.1 Å². The summed E-state index contributed by atoms with van der Waals surface area (Å²) in [5.41, 5.74) is 1.47. The van der Waals surface area contributed by atoms with E-state index in [0.29, 0.717) is 26.4 Å². The quantitative estimate of drug-likeness (QED) is 0.544. The molecule has 1 fully saturated rings. The number of hydrogen-bond acceptors (Lipinski definition) is 5. The summed E-state index contributed by atoms with van der Waals surface area (Å²) < 4.78 is 27.3. The molecular weight excluding hydrogens is 453 g/mol. The monoisotopic (exact) mass is 467 g/mol. The molecule has 150 valence electrons. The number of nitrogens with one attached hydrogen (secondary N) is 2. The Bertz CT molecular complexity index is 1190. The molecule has 2 N–H and O–H groups in total. The van der Waals surface area contributed by atoms with E-state index in [-0.39, 0.29) is 16.5 Å². The first-order valence-corrected chi connectivity index (χ1v) is 11.8. The Kier molecular flexibility index (Phi) is 5.63. The van der Waals surface area contributed by atoms with E-state index in [1.54, 1.807) is 29.6 Å². The van der Waals surface area contributed by atoms with E-state index in [0.717, 1.165) is 12.8 Å². The maximum Gasteiger partial charge on any atom is 0.257 e. The van der Waals surface area contributed by atoms with Crippen LogP contribution in [0.1, 0.15) is 23.2 Å². The number of amides is 1. The standard InChI is InChI=1S/C19H15Cl2N3O3S2/c20-12-4-7-16(21)15(9-12)17-10-28-19(22-17)23-18(25)11-2-1-3-14(8-11)29(26,27)24-13-5-6-13/h1-4,7-10,13,24H,5-6H2,(H,22,23,25). The molecule has 0 radical (unpaired) electrons. The smallest absolute Gasteiger partial charge is 0.257 e. The van der Waals surface area contributed by atoms with Crippen molar-refractivity contribution in [2.75, 3.05) is 5.32 Å². The molecule has 29 heavy (non-hydrogen) atoms. The number of anilines is 1. The van der Waals surface area contributed by atoms with E-state index in [4.69, 9.17) is 23.2 Å². The van der Waals surface area contributed by atoms with Gasteiger partial charge < -0.3 is 0 Å². The van der Waals surface area contributed by atoms with Crippen LogP contribution in [0.25, 0.3) is 11.3 Å². The Morgan fingerprint density at radius 2 is 1.93 bits per heavy atom. The summed E-state index contributed by atoms with van der Waals surface area (Å²) >= 11 is 13.4. The highest BCUT2D eigenvalue weighted by Crippen LogP contribution is 2.32. The lowest BCUT2D eigenvalue weighted by Crippen LogP contribution is -2.26. The largest absolute Gasteiger partial charge is 0.298 e. The number of carbonyl (C=O) groups excluding carboxylic acids is 1. The molecule has 4 rings (SSSR count). The number of halogens is 2. The molecule has 0 aliphatic heterocycles. The van der Waals surface area contributed by atoms with Gasteiger partial charge in [0.15, 0.2) is 5.13 Å². The number of hydrogen-bond donors (Lipinski definition) is 2. The fourth-order valence-electron chi connectivity index (χ4n) is 2.61. The third-order valence-corrected chi connectivity index (χ3v) is 7.08. The van der Waals surface area contributed by atoms with Gasteiger partial charge in [-0.2, -0.15) is 0 Å². The van der Waals surface area contributed by atoms with Crippen LogP contribution in [-0.4, -0.2) is 25.4 Å². The highest BCUT2D eigenvalue weighted by atomic mass is 35.5. The molecular formula is C19H15Cl2N3O3S2. The van der Waals surface area contributed by atoms with Crippen LogP contribution < -0.4 is 10.0 Å². The van der Waals surface area contributed by atoms with Crippen molar-refractivity contribution in [1.29, 1.82) is 0 Å². The van der Waals surface area contributed by atoms with Crippen LogP contribution in [0.3, 0.4) is 0 Å². The van der Waals surface area contributed by atoms with Crippen molar-refractivity contribution < 1.29 is 13.2 Å². The minimum atomic E-state index is -3.64. The second-order valence-corrected chi connectivity index (χ2v) is 9.96. The molecule has 1 amide bonds. The molecule has 1 aromatic heterocycles. The zero-order valence-electron chi connectivity index (χ0n) is 14.9. The summed E-state index contributed by atoms with van der Waals surface area (Å²) in [5, 5.41) is 5.84. The maximum absolute atomic E-state index is 12.6. The molecule has 1 heterocycles. The van der Waals surface area contributed by atoms with Gasteiger partial charge in [-0.15, -0.1) is 11.3 Å². The lowest BCUT2D eigenvalue weighted by atomic mass is 10.2. The molecule has 10 heteroatoms. The van der Waals surface area contributed by atoms with Gasteiger partial charge in [-0.1, -0.05) is 29.3 Å². The predicted molar refractivity (Wildman–Crippen MR) is 115 cm³/mol. The van der Waals surface area contributed by atoms with Crippen LogP contribution in [0.15, 0.2) is 52.7 Å². The lowest BCUT2D eigenvalue weighted by molar-refractivity contribution is 0.102. The summed E-state index contributed by atoms with van der Waals surface area (Å²) in [4.78, 5) is 17.0. The third-order valence-electron chi connectivity index (χ3n) is 4.23. The third kappa shape index (κ3) is 4.79. The van der Waals surface area contributed by atoms with E-state index in [1.165, 1.54) is 29.5 Å². The Balaban J connectivity index is 1.52. The Hall–Kier alpha value is -1.97. The SMILES string of the molecule is O=C(Nc1nc(-c2cc(Cl)ccc2Cl)cs1)c1cccc(S(=O)(=O)NC2CC2)c1. The van der Waals surface area contributed by atoms with E-state index in [9.17, 15) is 13.2 Å². The molecule has 0 saturated heterocycles. The minimum Gasteiger partial charge on any atom is -0.298 e. The van der Waals surface area contributed by atoms with Crippen LogP contribution in [0.2, 0.25) is 10.0 Å². The number of sulfonamides is 1. The average Bonchev–Trinajstić information content (AvgIpc) is 3.37. The van der Waals surface area contributed by atoms with Crippen molar-refractivity contribution in [3.05, 3.63) is 63.5 Å². The van der Waals surface area contributed by atoms with Crippen molar-refractivity contribution >= 4 is 55.6 Å². The molecule has 2 aromatic carbocycles. The fourth-order valence-corrected chi connectivity index (χ4v) is 5.05. The number of benzene rings is 2. The molecule has 0 bridgehead atoms. The Morgan fingerprint density at radius 3 is 2.69 bits per heavy atom. The van der Waals surface area contributed by atoms with E-state index >= 15 is 0 Å². The number of nitrogens with zero attached hydrogens (tertiary/aromatic N) is 1. The van der Waals surface area contributed by atoms with Crippen molar-refractivity contribution in [3.63, 3.8) is 0 Å². The van der Waals surface area contributed by atoms with Crippen LogP contribution in [-0.2, 0) is 10.0 Å². The molecule has 3 aromatic rings. The zero-order chi connectivity index (χ0) is 20.6. The van der Waals surface area contributed by atoms with Gasteiger partial charge in [-0.25, -0.2) is 18.1 Å². The van der Waals surface area contributed by atoms with Crippen molar-refractivity contribution in [3.8, 4) is 11.3 Å². The Labute approximate surface area is 181 Å². The van der Waals surface area contributed by atoms with Crippen molar-refractivity contribution in [2.45, 2.75) is 23.8 Å². The topological polar surface area (TPSA) is 88.2 Å². The van der Waals surface area contributed by atoms with E-state index in [2.05, 4.69) is 15.0 Å². The summed E-state index contributed by atoms with van der Waals surface area (Å²) in [5.74, 6) is -0.452.